The van der Waals surface area contributed by atoms with E-state index in [1.54, 1.807) is 10.9 Å². The fourth-order valence-corrected chi connectivity index (χ4v) is 2.25. The van der Waals surface area contributed by atoms with Crippen LogP contribution < -0.4 is 5.73 Å². The summed E-state index contributed by atoms with van der Waals surface area (Å²) in [5, 5.41) is 13.6. The molecule has 1 aromatic rings. The Morgan fingerprint density at radius 2 is 2.47 bits per heavy atom. The SMILES string of the molecule is COC(=O)c1cnn(CC2C[C@@H](N)[C@H](O)C2)c1. The number of aliphatic hydroxyl groups is 1. The molecule has 0 aliphatic heterocycles. The molecule has 0 saturated heterocycles. The van der Waals surface area contributed by atoms with Gasteiger partial charge >= 0.3 is 5.97 Å². The minimum atomic E-state index is -0.421. The molecule has 1 fully saturated rings. The molecule has 1 saturated carbocycles. The lowest BCUT2D eigenvalue weighted by Gasteiger charge is -2.08. The first kappa shape index (κ1) is 12.1. The van der Waals surface area contributed by atoms with E-state index >= 15 is 0 Å². The summed E-state index contributed by atoms with van der Waals surface area (Å²) in [6.07, 6.45) is 4.19. The van der Waals surface area contributed by atoms with Gasteiger partial charge in [0.1, 0.15) is 0 Å². The fourth-order valence-electron chi connectivity index (χ4n) is 2.25. The van der Waals surface area contributed by atoms with Crippen molar-refractivity contribution in [3.05, 3.63) is 18.0 Å². The number of hydrogen-bond donors (Lipinski definition) is 2. The smallest absolute Gasteiger partial charge is 0.341 e. The zero-order valence-corrected chi connectivity index (χ0v) is 9.74. The summed E-state index contributed by atoms with van der Waals surface area (Å²) in [7, 11) is 1.34. The zero-order chi connectivity index (χ0) is 12.4. The number of carbonyl (C=O) groups excluding carboxylic acids is 1. The Kier molecular flexibility index (Phi) is 3.44. The standard InChI is InChI=1S/C11H17N3O3/c1-17-11(16)8-4-13-14(6-8)5-7-2-9(12)10(15)3-7/h4,6-7,9-10,15H,2-3,5,12H2,1H3/t7?,9-,10-/m1/s1. The van der Waals surface area contributed by atoms with E-state index in [2.05, 4.69) is 9.84 Å². The van der Waals surface area contributed by atoms with Crippen molar-refractivity contribution in [2.75, 3.05) is 7.11 Å². The van der Waals surface area contributed by atoms with Crippen molar-refractivity contribution in [3.8, 4) is 0 Å². The van der Waals surface area contributed by atoms with Gasteiger partial charge < -0.3 is 15.6 Å². The summed E-state index contributed by atoms with van der Waals surface area (Å²) in [5.74, 6) is -0.0789. The van der Waals surface area contributed by atoms with E-state index in [1.165, 1.54) is 13.3 Å². The van der Waals surface area contributed by atoms with Gasteiger partial charge in [-0.25, -0.2) is 4.79 Å². The van der Waals surface area contributed by atoms with E-state index in [0.717, 1.165) is 6.42 Å². The summed E-state index contributed by atoms with van der Waals surface area (Å²) >= 11 is 0. The van der Waals surface area contributed by atoms with E-state index in [4.69, 9.17) is 5.73 Å². The highest BCUT2D eigenvalue weighted by Gasteiger charge is 2.30. The molecule has 0 amide bonds. The molecule has 0 bridgehead atoms. The lowest BCUT2D eigenvalue weighted by molar-refractivity contribution is 0.0600. The maximum Gasteiger partial charge on any atom is 0.341 e. The average Bonchev–Trinajstić information content (AvgIpc) is 2.87. The second kappa shape index (κ2) is 4.85. The van der Waals surface area contributed by atoms with Gasteiger partial charge in [0.2, 0.25) is 0 Å². The van der Waals surface area contributed by atoms with E-state index in [0.29, 0.717) is 24.4 Å². The van der Waals surface area contributed by atoms with Crippen LogP contribution in [0.3, 0.4) is 0 Å². The summed E-state index contributed by atoms with van der Waals surface area (Å²) in [6, 6.07) is -0.143. The molecule has 1 aliphatic carbocycles. The van der Waals surface area contributed by atoms with Gasteiger partial charge in [0.15, 0.2) is 0 Å². The molecule has 2 rings (SSSR count). The molecular formula is C11H17N3O3. The fraction of sp³-hybridized carbons (Fsp3) is 0.636. The van der Waals surface area contributed by atoms with Crippen LogP contribution in [0.1, 0.15) is 23.2 Å². The van der Waals surface area contributed by atoms with Crippen LogP contribution in [0.25, 0.3) is 0 Å². The second-order valence-electron chi connectivity index (χ2n) is 4.51. The number of methoxy groups -OCH3 is 1. The number of carbonyl (C=O) groups is 1. The van der Waals surface area contributed by atoms with E-state index in [-0.39, 0.29) is 12.0 Å². The number of nitrogens with two attached hydrogens (primary N) is 1. The quantitative estimate of drug-likeness (QED) is 0.711. The van der Waals surface area contributed by atoms with Gasteiger partial charge in [0.25, 0.3) is 0 Å². The number of nitrogens with zero attached hydrogens (tertiary/aromatic N) is 2. The molecule has 0 spiro atoms. The van der Waals surface area contributed by atoms with Crippen molar-refractivity contribution in [3.63, 3.8) is 0 Å². The van der Waals surface area contributed by atoms with Crippen molar-refractivity contribution in [2.45, 2.75) is 31.5 Å². The highest BCUT2D eigenvalue weighted by molar-refractivity contribution is 5.88. The normalized spacial score (nSPS) is 28.3. The molecule has 94 valence electrons. The van der Waals surface area contributed by atoms with Crippen LogP contribution >= 0.6 is 0 Å². The van der Waals surface area contributed by atoms with Crippen molar-refractivity contribution in [1.82, 2.24) is 9.78 Å². The Balaban J connectivity index is 1.96. The molecule has 0 radical (unpaired) electrons. The monoisotopic (exact) mass is 239 g/mol. The Hall–Kier alpha value is -1.40. The molecule has 1 heterocycles. The molecule has 1 aromatic heterocycles. The molecular weight excluding hydrogens is 222 g/mol. The number of esters is 1. The minimum absolute atomic E-state index is 0.143. The molecule has 0 aromatic carbocycles. The third-order valence-corrected chi connectivity index (χ3v) is 3.17. The number of hydrogen-bond acceptors (Lipinski definition) is 5. The molecule has 3 N–H and O–H groups in total. The molecule has 1 aliphatic rings. The lowest BCUT2D eigenvalue weighted by Crippen LogP contribution is -2.28. The molecule has 6 heteroatoms. The van der Waals surface area contributed by atoms with Crippen LogP contribution in [0, 0.1) is 5.92 Å². The van der Waals surface area contributed by atoms with Crippen molar-refractivity contribution >= 4 is 5.97 Å². The van der Waals surface area contributed by atoms with E-state index in [9.17, 15) is 9.90 Å². The van der Waals surface area contributed by atoms with Crippen LogP contribution in [0.4, 0.5) is 0 Å². The van der Waals surface area contributed by atoms with Crippen LogP contribution in [0.2, 0.25) is 0 Å². The maximum atomic E-state index is 11.2. The van der Waals surface area contributed by atoms with Crippen molar-refractivity contribution < 1.29 is 14.6 Å². The number of rotatable bonds is 3. The zero-order valence-electron chi connectivity index (χ0n) is 9.74. The predicted octanol–water partition coefficient (Wildman–Crippen LogP) is -0.232. The van der Waals surface area contributed by atoms with Crippen LogP contribution in [0.15, 0.2) is 12.4 Å². The molecule has 1 unspecified atom stereocenters. The highest BCUT2D eigenvalue weighted by atomic mass is 16.5. The molecule has 17 heavy (non-hydrogen) atoms. The van der Waals surface area contributed by atoms with Gasteiger partial charge in [-0.05, 0) is 18.8 Å². The first-order chi connectivity index (χ1) is 8.10. The lowest BCUT2D eigenvalue weighted by atomic mass is 10.1. The molecule has 6 nitrogen and oxygen atoms in total. The highest BCUT2D eigenvalue weighted by Crippen LogP contribution is 2.26. The Bertz CT molecular complexity index is 394. The number of aromatic nitrogens is 2. The number of aliphatic hydroxyl groups excluding tert-OH is 1. The second-order valence-corrected chi connectivity index (χ2v) is 4.51. The Morgan fingerprint density at radius 1 is 1.71 bits per heavy atom. The first-order valence-corrected chi connectivity index (χ1v) is 5.64. The Labute approximate surface area is 99.4 Å². The van der Waals surface area contributed by atoms with Gasteiger partial charge in [-0.1, -0.05) is 0 Å². The van der Waals surface area contributed by atoms with Crippen molar-refractivity contribution in [1.29, 1.82) is 0 Å². The largest absolute Gasteiger partial charge is 0.465 e. The maximum absolute atomic E-state index is 11.2. The molecule has 3 atom stereocenters. The topological polar surface area (TPSA) is 90.4 Å². The number of ether oxygens (including phenoxy) is 1. The third kappa shape index (κ3) is 2.65. The van der Waals surface area contributed by atoms with Gasteiger partial charge in [0, 0.05) is 18.8 Å². The summed E-state index contributed by atoms with van der Waals surface area (Å²) in [6.45, 7) is 0.668. The van der Waals surface area contributed by atoms with Crippen molar-refractivity contribution in [2.24, 2.45) is 11.7 Å². The summed E-state index contributed by atoms with van der Waals surface area (Å²) < 4.78 is 6.30. The average molecular weight is 239 g/mol. The van der Waals surface area contributed by atoms with Crippen LogP contribution in [-0.4, -0.2) is 40.1 Å². The van der Waals surface area contributed by atoms with E-state index < -0.39 is 6.10 Å². The van der Waals surface area contributed by atoms with Gasteiger partial charge in [0.05, 0.1) is 25.0 Å². The first-order valence-electron chi connectivity index (χ1n) is 5.64. The van der Waals surface area contributed by atoms with Crippen LogP contribution in [0.5, 0.6) is 0 Å². The predicted molar refractivity (Wildman–Crippen MR) is 60.3 cm³/mol. The summed E-state index contributed by atoms with van der Waals surface area (Å²) in [4.78, 5) is 11.2. The van der Waals surface area contributed by atoms with Gasteiger partial charge in [-0.2, -0.15) is 5.10 Å². The summed E-state index contributed by atoms with van der Waals surface area (Å²) in [5.41, 5.74) is 6.18. The minimum Gasteiger partial charge on any atom is -0.465 e. The van der Waals surface area contributed by atoms with Crippen LogP contribution in [-0.2, 0) is 11.3 Å². The van der Waals surface area contributed by atoms with E-state index in [1.807, 2.05) is 0 Å². The van der Waals surface area contributed by atoms with Gasteiger partial charge in [-0.3, -0.25) is 4.68 Å². The third-order valence-electron chi connectivity index (χ3n) is 3.17. The van der Waals surface area contributed by atoms with Gasteiger partial charge in [-0.15, -0.1) is 0 Å². The Morgan fingerprint density at radius 3 is 3.06 bits per heavy atom.